The minimum atomic E-state index is -0.393. The number of carbonyl (C=O) groups is 3. The number of imide groups is 1. The monoisotopic (exact) mass is 394 g/mol. The molecule has 6 nitrogen and oxygen atoms in total. The molecular formula is C21H18N2O4S. The van der Waals surface area contributed by atoms with Crippen molar-refractivity contribution in [2.24, 2.45) is 0 Å². The highest BCUT2D eigenvalue weighted by Gasteiger charge is 2.34. The number of hydrogen-bond acceptors (Lipinski definition) is 5. The summed E-state index contributed by atoms with van der Waals surface area (Å²) in [5, 5.41) is -0.360. The van der Waals surface area contributed by atoms with Gasteiger partial charge >= 0.3 is 5.97 Å². The maximum Gasteiger partial charge on any atom is 0.337 e. The number of esters is 1. The molecule has 0 aliphatic carbocycles. The number of aryl methyl sites for hydroxylation is 1. The number of ether oxygens (including phenoxy) is 1. The van der Waals surface area contributed by atoms with Crippen LogP contribution in [0.25, 0.3) is 11.8 Å². The van der Waals surface area contributed by atoms with Gasteiger partial charge in [0.2, 0.25) is 0 Å². The van der Waals surface area contributed by atoms with E-state index in [1.807, 2.05) is 36.6 Å². The largest absolute Gasteiger partial charge is 0.465 e. The number of hydrogen-bond donors (Lipinski definition) is 0. The van der Waals surface area contributed by atoms with Crippen LogP contribution in [0, 0.1) is 26.2 Å². The molecule has 1 saturated heterocycles. The van der Waals surface area contributed by atoms with Gasteiger partial charge in [-0.15, -0.1) is 6.42 Å². The second-order valence-electron chi connectivity index (χ2n) is 6.17. The summed E-state index contributed by atoms with van der Waals surface area (Å²) in [6.45, 7) is 3.84. The molecule has 3 rings (SSSR count). The highest BCUT2D eigenvalue weighted by atomic mass is 32.2. The Labute approximate surface area is 167 Å². The molecule has 28 heavy (non-hydrogen) atoms. The van der Waals surface area contributed by atoms with Crippen molar-refractivity contribution in [1.29, 1.82) is 0 Å². The lowest BCUT2D eigenvalue weighted by molar-refractivity contribution is -0.122. The van der Waals surface area contributed by atoms with E-state index in [9.17, 15) is 14.4 Å². The number of nitrogens with zero attached hydrogens (tertiary/aromatic N) is 2. The third-order valence-electron chi connectivity index (χ3n) is 4.43. The highest BCUT2D eigenvalue weighted by Crippen LogP contribution is 2.33. The first-order chi connectivity index (χ1) is 13.4. The fourth-order valence-electron chi connectivity index (χ4n) is 3.06. The van der Waals surface area contributed by atoms with E-state index in [-0.39, 0.29) is 17.7 Å². The molecule has 0 unspecified atom stereocenters. The third-order valence-corrected chi connectivity index (χ3v) is 5.33. The Kier molecular flexibility index (Phi) is 5.43. The molecular weight excluding hydrogens is 376 g/mol. The van der Waals surface area contributed by atoms with Crippen LogP contribution in [0.1, 0.15) is 27.3 Å². The Hall–Kier alpha value is -3.24. The van der Waals surface area contributed by atoms with Gasteiger partial charge in [0.05, 0.1) is 24.1 Å². The van der Waals surface area contributed by atoms with Gasteiger partial charge < -0.3 is 9.30 Å². The van der Waals surface area contributed by atoms with Crippen LogP contribution in [0.4, 0.5) is 4.79 Å². The van der Waals surface area contributed by atoms with E-state index < -0.39 is 5.97 Å². The summed E-state index contributed by atoms with van der Waals surface area (Å²) >= 11 is 0.886. The molecule has 2 amide bonds. The summed E-state index contributed by atoms with van der Waals surface area (Å²) in [4.78, 5) is 37.4. The van der Waals surface area contributed by atoms with Gasteiger partial charge in [-0.25, -0.2) is 4.79 Å². The Morgan fingerprint density at radius 2 is 1.93 bits per heavy atom. The molecule has 1 fully saturated rings. The van der Waals surface area contributed by atoms with Gasteiger partial charge in [0.25, 0.3) is 11.1 Å². The smallest absolute Gasteiger partial charge is 0.337 e. The quantitative estimate of drug-likeness (QED) is 0.451. The zero-order chi connectivity index (χ0) is 20.4. The second kappa shape index (κ2) is 7.79. The maximum absolute atomic E-state index is 12.4. The molecule has 0 saturated carbocycles. The van der Waals surface area contributed by atoms with Gasteiger partial charge in [0, 0.05) is 17.1 Å². The first kappa shape index (κ1) is 19.5. The number of methoxy groups -OCH3 is 1. The second-order valence-corrected chi connectivity index (χ2v) is 7.17. The number of rotatable bonds is 4. The summed E-state index contributed by atoms with van der Waals surface area (Å²) in [6.07, 6.45) is 6.93. The predicted octanol–water partition coefficient (Wildman–Crippen LogP) is 3.55. The van der Waals surface area contributed by atoms with E-state index >= 15 is 0 Å². The first-order valence-corrected chi connectivity index (χ1v) is 9.25. The summed E-state index contributed by atoms with van der Waals surface area (Å²) in [6, 6.07) is 9.00. The number of benzene rings is 1. The molecule has 1 aliphatic heterocycles. The molecule has 7 heteroatoms. The Morgan fingerprint density at radius 1 is 1.25 bits per heavy atom. The van der Waals surface area contributed by atoms with Crippen LogP contribution >= 0.6 is 11.8 Å². The topological polar surface area (TPSA) is 68.6 Å². The molecule has 0 bridgehead atoms. The van der Waals surface area contributed by atoms with Crippen molar-refractivity contribution in [1.82, 2.24) is 9.47 Å². The molecule has 0 N–H and O–H groups in total. The van der Waals surface area contributed by atoms with Crippen molar-refractivity contribution in [2.75, 3.05) is 13.7 Å². The summed E-state index contributed by atoms with van der Waals surface area (Å²) in [5.74, 6) is 1.56. The molecule has 2 aromatic rings. The van der Waals surface area contributed by atoms with Crippen LogP contribution in [0.15, 0.2) is 35.2 Å². The lowest BCUT2D eigenvalue weighted by Gasteiger charge is -2.10. The Bertz CT molecular complexity index is 1040. The van der Waals surface area contributed by atoms with E-state index in [0.717, 1.165) is 39.3 Å². The van der Waals surface area contributed by atoms with Gasteiger partial charge in [-0.2, -0.15) is 0 Å². The highest BCUT2D eigenvalue weighted by molar-refractivity contribution is 8.18. The van der Waals surface area contributed by atoms with Gasteiger partial charge in [-0.05, 0) is 67.6 Å². The van der Waals surface area contributed by atoms with Crippen molar-refractivity contribution < 1.29 is 19.1 Å². The van der Waals surface area contributed by atoms with Crippen molar-refractivity contribution in [3.8, 4) is 18.0 Å². The average Bonchev–Trinajstić information content (AvgIpc) is 3.11. The normalized spacial score (nSPS) is 15.2. The van der Waals surface area contributed by atoms with Crippen LogP contribution in [-0.4, -0.2) is 40.2 Å². The van der Waals surface area contributed by atoms with Crippen LogP contribution in [0.2, 0.25) is 0 Å². The van der Waals surface area contributed by atoms with Crippen LogP contribution in [-0.2, 0) is 9.53 Å². The molecule has 1 aromatic heterocycles. The minimum absolute atomic E-state index is 0.0342. The fraction of sp³-hybridized carbons (Fsp3) is 0.190. The molecule has 0 atom stereocenters. The third kappa shape index (κ3) is 3.47. The minimum Gasteiger partial charge on any atom is -0.465 e. The number of terminal acetylenes is 1. The van der Waals surface area contributed by atoms with E-state index in [4.69, 9.17) is 11.2 Å². The molecule has 1 aromatic carbocycles. The first-order valence-electron chi connectivity index (χ1n) is 8.44. The number of thioether (sulfide) groups is 1. The Morgan fingerprint density at radius 3 is 2.54 bits per heavy atom. The summed E-state index contributed by atoms with van der Waals surface area (Å²) in [5.41, 5.74) is 4.05. The zero-order valence-corrected chi connectivity index (χ0v) is 16.5. The zero-order valence-electron chi connectivity index (χ0n) is 15.7. The molecule has 142 valence electrons. The van der Waals surface area contributed by atoms with Crippen LogP contribution in [0.5, 0.6) is 0 Å². The van der Waals surface area contributed by atoms with Crippen molar-refractivity contribution >= 4 is 35.0 Å². The number of carbonyl (C=O) groups excluding carboxylic acids is 3. The predicted molar refractivity (Wildman–Crippen MR) is 108 cm³/mol. The van der Waals surface area contributed by atoms with Crippen molar-refractivity contribution in [3.05, 3.63) is 57.8 Å². The molecule has 1 aliphatic rings. The lowest BCUT2D eigenvalue weighted by Crippen LogP contribution is -2.28. The standard InChI is InChI=1S/C21H18N2O4S/c1-5-10-22-19(24)18(28-21(22)26)12-16-11-13(2)23(14(16)3)17-8-6-15(7-9-17)20(25)27-4/h1,6-9,11-12H,10H2,2-4H3. The van der Waals surface area contributed by atoms with Crippen LogP contribution < -0.4 is 0 Å². The number of aromatic nitrogens is 1. The van der Waals surface area contributed by atoms with Gasteiger partial charge in [0.15, 0.2) is 0 Å². The van der Waals surface area contributed by atoms with Crippen molar-refractivity contribution in [2.45, 2.75) is 13.8 Å². The van der Waals surface area contributed by atoms with Gasteiger partial charge in [0.1, 0.15) is 0 Å². The van der Waals surface area contributed by atoms with Gasteiger partial charge in [-0.1, -0.05) is 5.92 Å². The Balaban J connectivity index is 1.95. The van der Waals surface area contributed by atoms with Crippen molar-refractivity contribution in [3.63, 3.8) is 0 Å². The average molecular weight is 394 g/mol. The lowest BCUT2D eigenvalue weighted by atomic mass is 10.2. The van der Waals surface area contributed by atoms with E-state index in [0.29, 0.717) is 10.5 Å². The molecule has 0 radical (unpaired) electrons. The molecule has 2 heterocycles. The maximum atomic E-state index is 12.4. The van der Waals surface area contributed by atoms with Gasteiger partial charge in [-0.3, -0.25) is 14.5 Å². The van der Waals surface area contributed by atoms with E-state index in [2.05, 4.69) is 5.92 Å². The van der Waals surface area contributed by atoms with E-state index in [1.54, 1.807) is 18.2 Å². The summed E-state index contributed by atoms with van der Waals surface area (Å²) in [7, 11) is 1.34. The van der Waals surface area contributed by atoms with E-state index in [1.165, 1.54) is 7.11 Å². The van der Waals surface area contributed by atoms with Crippen LogP contribution in [0.3, 0.4) is 0 Å². The molecule has 0 spiro atoms. The SMILES string of the molecule is C#CCN1C(=O)SC(=Cc2cc(C)n(-c3ccc(C(=O)OC)cc3)c2C)C1=O. The fourth-order valence-corrected chi connectivity index (χ4v) is 3.89. The number of amides is 2. The summed E-state index contributed by atoms with van der Waals surface area (Å²) < 4.78 is 6.73.